The normalized spacial score (nSPS) is 18.9. The largest absolute Gasteiger partial charge is 0.383 e. The van der Waals surface area contributed by atoms with Gasteiger partial charge in [0.25, 0.3) is 5.91 Å². The quantitative estimate of drug-likeness (QED) is 0.714. The van der Waals surface area contributed by atoms with Gasteiger partial charge in [-0.1, -0.05) is 6.07 Å². The first kappa shape index (κ1) is 17.9. The topological polar surface area (TPSA) is 87.7 Å². The fourth-order valence-electron chi connectivity index (χ4n) is 2.47. The molecule has 0 aliphatic carbocycles. The van der Waals surface area contributed by atoms with Crippen LogP contribution in [0.2, 0.25) is 0 Å². The smallest absolute Gasteiger partial charge is 0.254 e. The number of hydrogen-bond donors (Lipinski definition) is 2. The van der Waals surface area contributed by atoms with Crippen LogP contribution >= 0.6 is 0 Å². The highest BCUT2D eigenvalue weighted by atomic mass is 32.2. The Bertz CT molecular complexity index is 648. The van der Waals surface area contributed by atoms with Crippen LogP contribution in [-0.4, -0.2) is 65.2 Å². The summed E-state index contributed by atoms with van der Waals surface area (Å²) in [5, 5.41) is 3.22. The average Bonchev–Trinajstić information content (AvgIpc) is 2.55. The molecule has 0 spiro atoms. The van der Waals surface area contributed by atoms with Gasteiger partial charge in [0.1, 0.15) is 0 Å². The van der Waals surface area contributed by atoms with Crippen LogP contribution in [0.5, 0.6) is 0 Å². The Labute approximate surface area is 137 Å². The standard InChI is InChI=1S/C15H23N3O4S/c1-12-11-16-6-8-18(12)15(19)13-4-3-5-14(10-13)23(20,21)17-7-9-22-2/h3-5,10,12,16-17H,6-9,11H2,1-2H3. The maximum atomic E-state index is 12.6. The molecule has 1 aromatic carbocycles. The fourth-order valence-corrected chi connectivity index (χ4v) is 3.52. The van der Waals surface area contributed by atoms with Crippen molar-refractivity contribution in [2.75, 3.05) is 39.9 Å². The van der Waals surface area contributed by atoms with Crippen molar-refractivity contribution in [2.24, 2.45) is 0 Å². The van der Waals surface area contributed by atoms with Gasteiger partial charge >= 0.3 is 0 Å². The minimum atomic E-state index is -3.65. The molecule has 0 saturated carbocycles. The highest BCUT2D eigenvalue weighted by Gasteiger charge is 2.25. The van der Waals surface area contributed by atoms with Crippen molar-refractivity contribution in [3.63, 3.8) is 0 Å². The van der Waals surface area contributed by atoms with E-state index < -0.39 is 10.0 Å². The summed E-state index contributed by atoms with van der Waals surface area (Å²) in [5.74, 6) is -0.145. The molecule has 23 heavy (non-hydrogen) atoms. The van der Waals surface area contributed by atoms with E-state index in [1.165, 1.54) is 19.2 Å². The predicted octanol–water partition coefficient (Wildman–Crippen LogP) is 0.0452. The number of benzene rings is 1. The van der Waals surface area contributed by atoms with E-state index in [-0.39, 0.29) is 30.0 Å². The second-order valence-corrected chi connectivity index (χ2v) is 7.24. The van der Waals surface area contributed by atoms with Gasteiger partial charge in [0, 0.05) is 44.9 Å². The summed E-state index contributed by atoms with van der Waals surface area (Å²) in [4.78, 5) is 14.5. The van der Waals surface area contributed by atoms with Gasteiger partial charge in [0.05, 0.1) is 11.5 Å². The van der Waals surface area contributed by atoms with Crippen molar-refractivity contribution < 1.29 is 17.9 Å². The van der Waals surface area contributed by atoms with Crippen LogP contribution in [0.1, 0.15) is 17.3 Å². The van der Waals surface area contributed by atoms with E-state index in [9.17, 15) is 13.2 Å². The van der Waals surface area contributed by atoms with E-state index in [0.717, 1.165) is 13.1 Å². The molecule has 1 fully saturated rings. The number of rotatable bonds is 6. The Morgan fingerprint density at radius 3 is 2.96 bits per heavy atom. The molecule has 0 bridgehead atoms. The lowest BCUT2D eigenvalue weighted by Crippen LogP contribution is -2.52. The average molecular weight is 341 g/mol. The van der Waals surface area contributed by atoms with Crippen LogP contribution in [-0.2, 0) is 14.8 Å². The zero-order chi connectivity index (χ0) is 16.9. The van der Waals surface area contributed by atoms with Crippen molar-refractivity contribution in [3.8, 4) is 0 Å². The molecule has 1 unspecified atom stereocenters. The van der Waals surface area contributed by atoms with Crippen molar-refractivity contribution in [1.29, 1.82) is 0 Å². The zero-order valence-corrected chi connectivity index (χ0v) is 14.2. The summed E-state index contributed by atoms with van der Waals surface area (Å²) < 4.78 is 31.7. The van der Waals surface area contributed by atoms with Gasteiger partial charge in [0.2, 0.25) is 10.0 Å². The summed E-state index contributed by atoms with van der Waals surface area (Å²) in [7, 11) is -2.14. The lowest BCUT2D eigenvalue weighted by Gasteiger charge is -2.34. The Kier molecular flexibility index (Phi) is 6.11. The highest BCUT2D eigenvalue weighted by Crippen LogP contribution is 2.15. The Hall–Kier alpha value is -1.48. The number of carbonyl (C=O) groups excluding carboxylic acids is 1. The molecule has 1 aliphatic rings. The van der Waals surface area contributed by atoms with Gasteiger partial charge in [-0.3, -0.25) is 4.79 Å². The molecule has 1 aliphatic heterocycles. The summed E-state index contributed by atoms with van der Waals surface area (Å²) >= 11 is 0. The van der Waals surface area contributed by atoms with E-state index in [2.05, 4.69) is 10.0 Å². The van der Waals surface area contributed by atoms with Gasteiger partial charge in [-0.15, -0.1) is 0 Å². The van der Waals surface area contributed by atoms with Crippen LogP contribution in [0.15, 0.2) is 29.2 Å². The minimum absolute atomic E-state index is 0.0799. The third-order valence-electron chi connectivity index (χ3n) is 3.75. The van der Waals surface area contributed by atoms with Gasteiger partial charge in [-0.25, -0.2) is 13.1 Å². The van der Waals surface area contributed by atoms with Gasteiger partial charge in [0.15, 0.2) is 0 Å². The predicted molar refractivity (Wildman–Crippen MR) is 86.9 cm³/mol. The molecule has 7 nitrogen and oxygen atoms in total. The monoisotopic (exact) mass is 341 g/mol. The number of ether oxygens (including phenoxy) is 1. The van der Waals surface area contributed by atoms with Crippen molar-refractivity contribution in [2.45, 2.75) is 17.9 Å². The van der Waals surface area contributed by atoms with Crippen LogP contribution in [0.25, 0.3) is 0 Å². The SMILES string of the molecule is COCCNS(=O)(=O)c1cccc(C(=O)N2CCNCC2C)c1. The number of hydrogen-bond acceptors (Lipinski definition) is 5. The number of piperazine rings is 1. The first-order valence-corrected chi connectivity index (χ1v) is 9.04. The first-order chi connectivity index (χ1) is 11.0. The van der Waals surface area contributed by atoms with Crippen molar-refractivity contribution in [1.82, 2.24) is 14.9 Å². The summed E-state index contributed by atoms with van der Waals surface area (Å²) in [6, 6.07) is 6.21. The lowest BCUT2D eigenvalue weighted by atomic mass is 10.1. The molecule has 8 heteroatoms. The van der Waals surface area contributed by atoms with E-state index >= 15 is 0 Å². The number of methoxy groups -OCH3 is 1. The molecule has 1 aromatic rings. The molecule has 0 radical (unpaired) electrons. The number of nitrogens with one attached hydrogen (secondary N) is 2. The van der Waals surface area contributed by atoms with Crippen LogP contribution < -0.4 is 10.0 Å². The lowest BCUT2D eigenvalue weighted by molar-refractivity contribution is 0.0655. The third-order valence-corrected chi connectivity index (χ3v) is 5.21. The molecule has 1 atom stereocenters. The number of nitrogens with zero attached hydrogens (tertiary/aromatic N) is 1. The molecule has 1 saturated heterocycles. The van der Waals surface area contributed by atoms with E-state index in [1.54, 1.807) is 17.0 Å². The molecule has 128 valence electrons. The highest BCUT2D eigenvalue weighted by molar-refractivity contribution is 7.89. The van der Waals surface area contributed by atoms with E-state index in [1.807, 2.05) is 6.92 Å². The molecular formula is C15H23N3O4S. The zero-order valence-electron chi connectivity index (χ0n) is 13.4. The maximum absolute atomic E-state index is 12.6. The first-order valence-electron chi connectivity index (χ1n) is 7.56. The van der Waals surface area contributed by atoms with Crippen LogP contribution in [0, 0.1) is 0 Å². The molecular weight excluding hydrogens is 318 g/mol. The summed E-state index contributed by atoms with van der Waals surface area (Å²) in [5.41, 5.74) is 0.383. The van der Waals surface area contributed by atoms with Gasteiger partial charge in [-0.2, -0.15) is 0 Å². The fraction of sp³-hybridized carbons (Fsp3) is 0.533. The molecule has 2 rings (SSSR count). The number of sulfonamides is 1. The van der Waals surface area contributed by atoms with E-state index in [4.69, 9.17) is 4.74 Å². The Balaban J connectivity index is 2.17. The number of carbonyl (C=O) groups is 1. The van der Waals surface area contributed by atoms with E-state index in [0.29, 0.717) is 12.1 Å². The molecule has 2 N–H and O–H groups in total. The second-order valence-electron chi connectivity index (χ2n) is 5.47. The minimum Gasteiger partial charge on any atom is -0.383 e. The van der Waals surface area contributed by atoms with Gasteiger partial charge < -0.3 is 15.0 Å². The Morgan fingerprint density at radius 1 is 1.48 bits per heavy atom. The summed E-state index contributed by atoms with van der Waals surface area (Å²) in [6.45, 7) is 4.54. The maximum Gasteiger partial charge on any atom is 0.254 e. The third kappa shape index (κ3) is 4.51. The van der Waals surface area contributed by atoms with Crippen molar-refractivity contribution in [3.05, 3.63) is 29.8 Å². The summed E-state index contributed by atoms with van der Waals surface area (Å²) in [6.07, 6.45) is 0. The van der Waals surface area contributed by atoms with Crippen LogP contribution in [0.3, 0.4) is 0 Å². The molecule has 1 amide bonds. The van der Waals surface area contributed by atoms with Crippen LogP contribution in [0.4, 0.5) is 0 Å². The molecule has 1 heterocycles. The number of amides is 1. The second kappa shape index (κ2) is 7.87. The van der Waals surface area contributed by atoms with Crippen molar-refractivity contribution >= 4 is 15.9 Å². The Morgan fingerprint density at radius 2 is 2.26 bits per heavy atom. The van der Waals surface area contributed by atoms with Gasteiger partial charge in [-0.05, 0) is 25.1 Å². The molecule has 0 aromatic heterocycles.